The smallest absolute Gasteiger partial charge is 0.410 e. The Morgan fingerprint density at radius 3 is 2.56 bits per heavy atom. The maximum absolute atomic E-state index is 12.4. The second-order valence-electron chi connectivity index (χ2n) is 9.37. The summed E-state index contributed by atoms with van der Waals surface area (Å²) in [6, 6.07) is 17.9. The van der Waals surface area contributed by atoms with Crippen molar-refractivity contribution in [1.82, 2.24) is 15.6 Å². The van der Waals surface area contributed by atoms with E-state index in [-0.39, 0.29) is 6.09 Å². The minimum absolute atomic E-state index is 0.186. The lowest BCUT2D eigenvalue weighted by atomic mass is 9.91. The Morgan fingerprint density at radius 2 is 1.85 bits per heavy atom. The van der Waals surface area contributed by atoms with Crippen LogP contribution in [0.2, 0.25) is 0 Å². The van der Waals surface area contributed by atoms with E-state index in [1.807, 2.05) is 71.6 Å². The van der Waals surface area contributed by atoms with Crippen LogP contribution in [0.5, 0.6) is 5.75 Å². The molecule has 2 heterocycles. The lowest BCUT2D eigenvalue weighted by Gasteiger charge is -2.31. The Labute approximate surface area is 201 Å². The zero-order valence-corrected chi connectivity index (χ0v) is 19.7. The highest BCUT2D eigenvalue weighted by Crippen LogP contribution is 2.49. The number of ether oxygens (including phenoxy) is 2. The molecule has 2 aliphatic heterocycles. The van der Waals surface area contributed by atoms with Crippen molar-refractivity contribution < 1.29 is 14.3 Å². The van der Waals surface area contributed by atoms with Gasteiger partial charge in [0.25, 0.3) is 0 Å². The fourth-order valence-electron chi connectivity index (χ4n) is 5.05. The summed E-state index contributed by atoms with van der Waals surface area (Å²) in [6.45, 7) is 2.69. The van der Waals surface area contributed by atoms with Gasteiger partial charge in [-0.3, -0.25) is 0 Å². The van der Waals surface area contributed by atoms with Gasteiger partial charge in [0.1, 0.15) is 18.7 Å². The molecule has 0 radical (unpaired) electrons. The predicted octanol–water partition coefficient (Wildman–Crippen LogP) is 4.26. The molecule has 0 spiro atoms. The minimum Gasteiger partial charge on any atom is -0.494 e. The van der Waals surface area contributed by atoms with Gasteiger partial charge in [-0.25, -0.2) is 15.3 Å². The normalized spacial score (nSPS) is 22.5. The monoisotopic (exact) mass is 463 g/mol. The summed E-state index contributed by atoms with van der Waals surface area (Å²) in [5, 5.41) is 7.75. The minimum atomic E-state index is -0.186. The largest absolute Gasteiger partial charge is 0.494 e. The summed E-state index contributed by atoms with van der Waals surface area (Å²) >= 11 is 0. The van der Waals surface area contributed by atoms with E-state index in [4.69, 9.17) is 9.47 Å². The zero-order valence-electron chi connectivity index (χ0n) is 19.7. The van der Waals surface area contributed by atoms with Gasteiger partial charge in [-0.1, -0.05) is 30.3 Å². The van der Waals surface area contributed by atoms with E-state index >= 15 is 0 Å². The molecule has 2 fully saturated rings. The number of carbonyl (C=O) groups excluding carboxylic acids is 1. The van der Waals surface area contributed by atoms with Crippen LogP contribution in [-0.4, -0.2) is 49.2 Å². The fraction of sp³-hybridized carbons (Fsp3) is 0.462. The standard InChI is InChI=1S/C26H33N5O3/c1-29-28-27-19-31(29)23-7-9-24(10-8-23)33-16-13-22-17-25(22)21-11-14-30(15-12-21)26(32)34-18-20-5-3-2-4-6-20/h2-10,19,21-22,25,28H,11-18H2,1H3. The third kappa shape index (κ3) is 5.44. The van der Waals surface area contributed by atoms with Gasteiger partial charge in [0.05, 0.1) is 12.3 Å². The molecule has 2 atom stereocenters. The molecule has 1 amide bonds. The fourth-order valence-corrected chi connectivity index (χ4v) is 5.05. The molecule has 1 N–H and O–H groups in total. The molecule has 34 heavy (non-hydrogen) atoms. The topological polar surface area (TPSA) is 69.6 Å². The second-order valence-corrected chi connectivity index (χ2v) is 9.37. The van der Waals surface area contributed by atoms with Crippen molar-refractivity contribution in [3.63, 3.8) is 0 Å². The number of amides is 1. The molecule has 8 nitrogen and oxygen atoms in total. The first-order valence-electron chi connectivity index (χ1n) is 12.2. The number of hydrazone groups is 1. The van der Waals surface area contributed by atoms with Crippen molar-refractivity contribution in [2.24, 2.45) is 22.9 Å². The number of likely N-dealkylation sites (tertiary alicyclic amines) is 1. The van der Waals surface area contributed by atoms with Crippen LogP contribution in [0, 0.1) is 17.8 Å². The lowest BCUT2D eigenvalue weighted by molar-refractivity contribution is 0.0796. The average molecular weight is 464 g/mol. The second kappa shape index (κ2) is 10.3. The SMILES string of the molecule is CN1NN=CN1c1ccc(OCCC2CC2C2CCN(C(=O)OCc3ccccc3)CC2)cc1. The van der Waals surface area contributed by atoms with Gasteiger partial charge in [-0.05, 0) is 73.3 Å². The summed E-state index contributed by atoms with van der Waals surface area (Å²) in [5.74, 6) is 3.15. The van der Waals surface area contributed by atoms with Crippen LogP contribution in [0.15, 0.2) is 59.7 Å². The molecule has 3 aliphatic rings. The molecule has 1 aliphatic carbocycles. The molecule has 2 aromatic carbocycles. The number of benzene rings is 2. The number of anilines is 1. The average Bonchev–Trinajstić information content (AvgIpc) is 3.53. The number of carbonyl (C=O) groups is 1. The first kappa shape index (κ1) is 22.5. The summed E-state index contributed by atoms with van der Waals surface area (Å²) < 4.78 is 11.5. The molecular weight excluding hydrogens is 430 g/mol. The van der Waals surface area contributed by atoms with Crippen molar-refractivity contribution in [3.8, 4) is 5.75 Å². The zero-order chi connectivity index (χ0) is 23.3. The molecule has 0 aromatic heterocycles. The number of nitrogens with zero attached hydrogens (tertiary/aromatic N) is 4. The number of hydrazine groups is 2. The quantitative estimate of drug-likeness (QED) is 0.631. The Balaban J connectivity index is 0.980. The van der Waals surface area contributed by atoms with E-state index in [0.29, 0.717) is 6.61 Å². The Bertz CT molecular complexity index is 976. The van der Waals surface area contributed by atoms with Crippen molar-refractivity contribution in [2.75, 3.05) is 31.8 Å². The van der Waals surface area contributed by atoms with Gasteiger partial charge in [0.15, 0.2) is 0 Å². The van der Waals surface area contributed by atoms with E-state index in [9.17, 15) is 4.79 Å². The maximum Gasteiger partial charge on any atom is 0.410 e. The molecule has 8 heteroatoms. The highest BCUT2D eigenvalue weighted by Gasteiger charge is 2.43. The maximum atomic E-state index is 12.4. The number of rotatable bonds is 8. The number of hydrogen-bond donors (Lipinski definition) is 1. The van der Waals surface area contributed by atoms with Gasteiger partial charge in [0.2, 0.25) is 0 Å². The highest BCUT2D eigenvalue weighted by molar-refractivity contribution is 5.78. The van der Waals surface area contributed by atoms with Crippen LogP contribution in [0.1, 0.15) is 31.2 Å². The van der Waals surface area contributed by atoms with Crippen LogP contribution >= 0.6 is 0 Å². The van der Waals surface area contributed by atoms with Crippen LogP contribution < -0.4 is 15.3 Å². The van der Waals surface area contributed by atoms with Gasteiger partial charge in [-0.2, -0.15) is 5.10 Å². The Hall–Kier alpha value is -3.26. The number of nitrogens with one attached hydrogen (secondary N) is 1. The lowest BCUT2D eigenvalue weighted by Crippen LogP contribution is -2.39. The third-order valence-electron chi connectivity index (χ3n) is 7.14. The molecule has 1 saturated heterocycles. The van der Waals surface area contributed by atoms with Crippen molar-refractivity contribution in [1.29, 1.82) is 0 Å². The molecule has 2 aromatic rings. The van der Waals surface area contributed by atoms with Gasteiger partial charge in [-0.15, -0.1) is 5.12 Å². The molecular formula is C26H33N5O3. The van der Waals surface area contributed by atoms with Gasteiger partial charge >= 0.3 is 6.09 Å². The molecule has 1 saturated carbocycles. The molecule has 180 valence electrons. The highest BCUT2D eigenvalue weighted by atomic mass is 16.6. The summed E-state index contributed by atoms with van der Waals surface area (Å²) in [7, 11) is 1.91. The van der Waals surface area contributed by atoms with E-state index < -0.39 is 0 Å². The molecule has 2 unspecified atom stereocenters. The van der Waals surface area contributed by atoms with E-state index in [1.165, 1.54) is 6.42 Å². The number of hydrogen-bond acceptors (Lipinski definition) is 7. The van der Waals surface area contributed by atoms with Gasteiger partial charge < -0.3 is 14.4 Å². The van der Waals surface area contributed by atoms with E-state index in [1.54, 1.807) is 11.5 Å². The van der Waals surface area contributed by atoms with Crippen LogP contribution in [0.3, 0.4) is 0 Å². The van der Waals surface area contributed by atoms with Crippen molar-refractivity contribution in [2.45, 2.75) is 32.3 Å². The van der Waals surface area contributed by atoms with E-state index in [2.05, 4.69) is 10.6 Å². The van der Waals surface area contributed by atoms with Crippen LogP contribution in [-0.2, 0) is 11.3 Å². The first-order valence-corrected chi connectivity index (χ1v) is 12.2. The van der Waals surface area contributed by atoms with Crippen LogP contribution in [0.25, 0.3) is 0 Å². The van der Waals surface area contributed by atoms with Crippen LogP contribution in [0.4, 0.5) is 10.5 Å². The Morgan fingerprint density at radius 1 is 1.09 bits per heavy atom. The molecule has 5 rings (SSSR count). The number of piperidine rings is 1. The first-order chi connectivity index (χ1) is 16.7. The summed E-state index contributed by atoms with van der Waals surface area (Å²) in [6.07, 6.45) is 6.09. The summed E-state index contributed by atoms with van der Waals surface area (Å²) in [4.78, 5) is 14.3. The van der Waals surface area contributed by atoms with Gasteiger partial charge in [0, 0.05) is 20.1 Å². The third-order valence-corrected chi connectivity index (χ3v) is 7.14. The summed E-state index contributed by atoms with van der Waals surface area (Å²) in [5.41, 5.74) is 4.91. The Kier molecular flexibility index (Phi) is 6.85. The van der Waals surface area contributed by atoms with Crippen molar-refractivity contribution >= 4 is 18.1 Å². The molecule has 0 bridgehead atoms. The van der Waals surface area contributed by atoms with E-state index in [0.717, 1.165) is 73.7 Å². The predicted molar refractivity (Wildman–Crippen MR) is 131 cm³/mol. The van der Waals surface area contributed by atoms with Crippen molar-refractivity contribution in [3.05, 3.63) is 60.2 Å².